The zero-order chi connectivity index (χ0) is 13.4. The van der Waals surface area contributed by atoms with Gasteiger partial charge < -0.3 is 4.79 Å². The van der Waals surface area contributed by atoms with E-state index in [0.29, 0.717) is 0 Å². The molecule has 0 N–H and O–H groups in total. The lowest BCUT2D eigenvalue weighted by molar-refractivity contribution is -0.0979. The van der Waals surface area contributed by atoms with Crippen LogP contribution in [0.4, 0.5) is 0 Å². The Hall–Kier alpha value is -1.89. The third-order valence-electron chi connectivity index (χ3n) is 2.96. The van der Waals surface area contributed by atoms with E-state index in [2.05, 4.69) is 62.4 Å². The number of hydrogen-bond donors (Lipinski definition) is 0. The molecule has 2 aromatic carbocycles. The second-order valence-electron chi connectivity index (χ2n) is 4.33. The Labute approximate surface area is 109 Å². The summed E-state index contributed by atoms with van der Waals surface area (Å²) in [5.41, 5.74) is 5.51. The van der Waals surface area contributed by atoms with E-state index >= 15 is 0 Å². The normalized spacial score (nSPS) is 9.44. The molecule has 0 saturated heterocycles. The van der Waals surface area contributed by atoms with Crippen LogP contribution in [0.25, 0.3) is 0 Å². The van der Waals surface area contributed by atoms with Gasteiger partial charge in [0.2, 0.25) is 0 Å². The van der Waals surface area contributed by atoms with E-state index in [1.165, 1.54) is 22.3 Å². The van der Waals surface area contributed by atoms with Crippen LogP contribution in [0.3, 0.4) is 0 Å². The van der Waals surface area contributed by atoms with Crippen molar-refractivity contribution in [3.63, 3.8) is 0 Å². The molecule has 94 valence electrons. The van der Waals surface area contributed by atoms with Gasteiger partial charge in [0.1, 0.15) is 6.79 Å². The van der Waals surface area contributed by atoms with Crippen LogP contribution in [0.15, 0.2) is 48.5 Å². The summed E-state index contributed by atoms with van der Waals surface area (Å²) in [5.74, 6) is 0. The van der Waals surface area contributed by atoms with Gasteiger partial charge in [0.15, 0.2) is 0 Å². The van der Waals surface area contributed by atoms with Crippen molar-refractivity contribution in [1.29, 1.82) is 0 Å². The van der Waals surface area contributed by atoms with Crippen LogP contribution in [-0.4, -0.2) is 6.79 Å². The van der Waals surface area contributed by atoms with Crippen molar-refractivity contribution in [3.8, 4) is 0 Å². The van der Waals surface area contributed by atoms with Crippen LogP contribution in [0.2, 0.25) is 0 Å². The van der Waals surface area contributed by atoms with Crippen LogP contribution in [-0.2, 0) is 17.6 Å². The molecule has 0 amide bonds. The Morgan fingerprint density at radius 1 is 0.778 bits per heavy atom. The number of carbonyl (C=O) groups is 1. The quantitative estimate of drug-likeness (QED) is 0.793. The Balaban J connectivity index is 0.000000771. The topological polar surface area (TPSA) is 17.1 Å². The number of aryl methyl sites for hydroxylation is 2. The fourth-order valence-corrected chi connectivity index (χ4v) is 1.83. The monoisotopic (exact) mass is 240 g/mol. The summed E-state index contributed by atoms with van der Waals surface area (Å²) in [6.45, 7) is 6.31. The molecule has 0 aliphatic carbocycles. The fraction of sp³-hybridized carbons (Fsp3) is 0.235. The molecule has 0 bridgehead atoms. The number of benzene rings is 2. The zero-order valence-electron chi connectivity index (χ0n) is 11.1. The van der Waals surface area contributed by atoms with Gasteiger partial charge in [-0.15, -0.1) is 0 Å². The summed E-state index contributed by atoms with van der Waals surface area (Å²) in [4.78, 5) is 8.00. The van der Waals surface area contributed by atoms with Crippen LogP contribution in [0, 0.1) is 6.92 Å². The van der Waals surface area contributed by atoms with Gasteiger partial charge in [-0.1, -0.05) is 61.0 Å². The lowest BCUT2D eigenvalue weighted by Gasteiger charge is -2.03. The lowest BCUT2D eigenvalue weighted by Crippen LogP contribution is -1.89. The van der Waals surface area contributed by atoms with Gasteiger partial charge in [-0.2, -0.15) is 0 Å². The first-order chi connectivity index (χ1) is 8.78. The first-order valence-electron chi connectivity index (χ1n) is 6.20. The minimum Gasteiger partial charge on any atom is -0.307 e. The molecule has 0 aliphatic rings. The maximum absolute atomic E-state index is 8.00. The van der Waals surface area contributed by atoms with Gasteiger partial charge in [0.05, 0.1) is 0 Å². The van der Waals surface area contributed by atoms with Crippen LogP contribution in [0.5, 0.6) is 0 Å². The highest BCUT2D eigenvalue weighted by Gasteiger charge is 1.96. The molecule has 0 radical (unpaired) electrons. The SMILES string of the molecule is C=O.CCc1ccc(Cc2ccc(C)cc2)cc1. The molecule has 18 heavy (non-hydrogen) atoms. The standard InChI is InChI=1S/C16H18.CH2O/c1-3-14-8-10-16(11-9-14)12-15-6-4-13(2)5-7-15;1-2/h4-11H,3,12H2,1-2H3;1H2. The molecular weight excluding hydrogens is 220 g/mol. The summed E-state index contributed by atoms with van der Waals surface area (Å²) >= 11 is 0. The molecule has 0 saturated carbocycles. The Kier molecular flexibility index (Phi) is 5.86. The smallest absolute Gasteiger partial charge is 0.106 e. The van der Waals surface area contributed by atoms with E-state index in [4.69, 9.17) is 4.79 Å². The summed E-state index contributed by atoms with van der Waals surface area (Å²) in [6, 6.07) is 17.7. The van der Waals surface area contributed by atoms with Crippen molar-refractivity contribution in [3.05, 3.63) is 70.8 Å². The minimum absolute atomic E-state index is 1.03. The third kappa shape index (κ3) is 4.17. The van der Waals surface area contributed by atoms with E-state index in [9.17, 15) is 0 Å². The molecular formula is C17H20O. The highest BCUT2D eigenvalue weighted by molar-refractivity contribution is 5.30. The Morgan fingerprint density at radius 2 is 1.17 bits per heavy atom. The molecule has 0 aromatic heterocycles. The second kappa shape index (κ2) is 7.44. The van der Waals surface area contributed by atoms with Crippen molar-refractivity contribution in [1.82, 2.24) is 0 Å². The molecule has 0 spiro atoms. The number of rotatable bonds is 3. The minimum atomic E-state index is 1.03. The predicted octanol–water partition coefficient (Wildman–Crippen LogP) is 3.96. The van der Waals surface area contributed by atoms with E-state index in [-0.39, 0.29) is 0 Å². The summed E-state index contributed by atoms with van der Waals surface area (Å²) in [7, 11) is 0. The van der Waals surface area contributed by atoms with Crippen LogP contribution in [0.1, 0.15) is 29.2 Å². The van der Waals surface area contributed by atoms with Crippen molar-refractivity contribution < 1.29 is 4.79 Å². The van der Waals surface area contributed by atoms with Crippen LogP contribution >= 0.6 is 0 Å². The first-order valence-corrected chi connectivity index (χ1v) is 6.20. The van der Waals surface area contributed by atoms with Gasteiger partial charge in [-0.25, -0.2) is 0 Å². The highest BCUT2D eigenvalue weighted by atomic mass is 16.1. The van der Waals surface area contributed by atoms with Crippen LogP contribution < -0.4 is 0 Å². The predicted molar refractivity (Wildman–Crippen MR) is 76.9 cm³/mol. The second-order valence-corrected chi connectivity index (χ2v) is 4.33. The summed E-state index contributed by atoms with van der Waals surface area (Å²) < 4.78 is 0. The van der Waals surface area contributed by atoms with Gasteiger partial charge in [-0.3, -0.25) is 0 Å². The summed E-state index contributed by atoms with van der Waals surface area (Å²) in [5, 5.41) is 0. The Bertz CT molecular complexity index is 454. The maximum Gasteiger partial charge on any atom is 0.106 e. The average molecular weight is 240 g/mol. The van der Waals surface area contributed by atoms with Crippen molar-refractivity contribution in [2.24, 2.45) is 0 Å². The molecule has 0 fully saturated rings. The Morgan fingerprint density at radius 3 is 1.61 bits per heavy atom. The summed E-state index contributed by atoms with van der Waals surface area (Å²) in [6.07, 6.45) is 2.15. The molecule has 1 nitrogen and oxygen atoms in total. The average Bonchev–Trinajstić information content (AvgIpc) is 2.44. The molecule has 2 rings (SSSR count). The largest absolute Gasteiger partial charge is 0.307 e. The zero-order valence-corrected chi connectivity index (χ0v) is 11.1. The molecule has 0 aliphatic heterocycles. The highest BCUT2D eigenvalue weighted by Crippen LogP contribution is 2.12. The van der Waals surface area contributed by atoms with Gasteiger partial charge >= 0.3 is 0 Å². The third-order valence-corrected chi connectivity index (χ3v) is 2.96. The maximum atomic E-state index is 8.00. The van der Waals surface area contributed by atoms with E-state index in [0.717, 1.165) is 12.8 Å². The molecule has 0 heterocycles. The van der Waals surface area contributed by atoms with Crippen molar-refractivity contribution >= 4 is 6.79 Å². The van der Waals surface area contributed by atoms with Crippen molar-refractivity contribution in [2.75, 3.05) is 0 Å². The lowest BCUT2D eigenvalue weighted by atomic mass is 10.0. The van der Waals surface area contributed by atoms with E-state index in [1.807, 2.05) is 6.79 Å². The fourth-order valence-electron chi connectivity index (χ4n) is 1.83. The molecule has 1 heteroatoms. The van der Waals surface area contributed by atoms with Gasteiger partial charge in [0.25, 0.3) is 0 Å². The molecule has 0 unspecified atom stereocenters. The first kappa shape index (κ1) is 14.2. The van der Waals surface area contributed by atoms with Gasteiger partial charge in [-0.05, 0) is 36.5 Å². The molecule has 0 atom stereocenters. The number of carbonyl (C=O) groups excluding carboxylic acids is 1. The van der Waals surface area contributed by atoms with E-state index in [1.54, 1.807) is 0 Å². The van der Waals surface area contributed by atoms with Crippen molar-refractivity contribution in [2.45, 2.75) is 26.7 Å². The molecule has 2 aromatic rings. The number of hydrogen-bond acceptors (Lipinski definition) is 1. The van der Waals surface area contributed by atoms with E-state index < -0.39 is 0 Å². The van der Waals surface area contributed by atoms with Gasteiger partial charge in [0, 0.05) is 0 Å².